The van der Waals surface area contributed by atoms with E-state index in [0.717, 1.165) is 19.5 Å². The van der Waals surface area contributed by atoms with Gasteiger partial charge in [0, 0.05) is 24.5 Å². The molecular weight excluding hydrogens is 168 g/mol. The molecule has 1 aliphatic rings. The molecule has 0 aliphatic carbocycles. The predicted molar refractivity (Wildman–Crippen MR) is 50.2 cm³/mol. The van der Waals surface area contributed by atoms with Crippen LogP contribution in [0.15, 0.2) is 0 Å². The molecule has 1 aliphatic heterocycles. The molecule has 0 bridgehead atoms. The first-order valence-electron chi connectivity index (χ1n) is 4.69. The SMILES string of the molecule is CCC(N)(CC(=O)OC)C1CNC1. The lowest BCUT2D eigenvalue weighted by atomic mass is 9.76. The third kappa shape index (κ3) is 2.19. The molecule has 13 heavy (non-hydrogen) atoms. The molecule has 0 aromatic rings. The largest absolute Gasteiger partial charge is 0.469 e. The van der Waals surface area contributed by atoms with Crippen molar-refractivity contribution in [2.75, 3.05) is 20.2 Å². The Morgan fingerprint density at radius 3 is 2.62 bits per heavy atom. The van der Waals surface area contributed by atoms with Crippen LogP contribution >= 0.6 is 0 Å². The van der Waals surface area contributed by atoms with E-state index in [1.54, 1.807) is 0 Å². The Labute approximate surface area is 78.8 Å². The minimum Gasteiger partial charge on any atom is -0.469 e. The van der Waals surface area contributed by atoms with Gasteiger partial charge in [0.1, 0.15) is 0 Å². The molecule has 1 rings (SSSR count). The van der Waals surface area contributed by atoms with Crippen molar-refractivity contribution in [1.29, 1.82) is 0 Å². The maximum Gasteiger partial charge on any atom is 0.307 e. The molecule has 76 valence electrons. The number of hydrogen-bond donors (Lipinski definition) is 2. The lowest BCUT2D eigenvalue weighted by molar-refractivity contribution is -0.142. The number of ether oxygens (including phenoxy) is 1. The van der Waals surface area contributed by atoms with Gasteiger partial charge in [0.05, 0.1) is 13.5 Å². The summed E-state index contributed by atoms with van der Waals surface area (Å²) in [6.07, 6.45) is 1.14. The first-order valence-corrected chi connectivity index (χ1v) is 4.69. The minimum absolute atomic E-state index is 0.212. The third-order valence-corrected chi connectivity index (χ3v) is 2.95. The Balaban J connectivity index is 2.52. The molecule has 0 spiro atoms. The number of carbonyl (C=O) groups excluding carboxylic acids is 1. The second kappa shape index (κ2) is 4.07. The Morgan fingerprint density at radius 1 is 1.69 bits per heavy atom. The monoisotopic (exact) mass is 186 g/mol. The van der Waals surface area contributed by atoms with E-state index in [0.29, 0.717) is 12.3 Å². The normalized spacial score (nSPS) is 21.8. The van der Waals surface area contributed by atoms with Crippen LogP contribution in [-0.2, 0) is 9.53 Å². The Hall–Kier alpha value is -0.610. The number of methoxy groups -OCH3 is 1. The highest BCUT2D eigenvalue weighted by Gasteiger charge is 2.38. The van der Waals surface area contributed by atoms with Gasteiger partial charge in [-0.05, 0) is 6.42 Å². The van der Waals surface area contributed by atoms with E-state index >= 15 is 0 Å². The summed E-state index contributed by atoms with van der Waals surface area (Å²) in [4.78, 5) is 11.1. The van der Waals surface area contributed by atoms with Crippen molar-refractivity contribution >= 4 is 5.97 Å². The van der Waals surface area contributed by atoms with Gasteiger partial charge in [-0.25, -0.2) is 0 Å². The van der Waals surface area contributed by atoms with Crippen LogP contribution in [0.5, 0.6) is 0 Å². The van der Waals surface area contributed by atoms with Crippen LogP contribution in [0.1, 0.15) is 19.8 Å². The second-order valence-corrected chi connectivity index (χ2v) is 3.69. The number of hydrogen-bond acceptors (Lipinski definition) is 4. The molecule has 0 aromatic carbocycles. The second-order valence-electron chi connectivity index (χ2n) is 3.69. The maximum atomic E-state index is 11.1. The zero-order valence-electron chi connectivity index (χ0n) is 8.30. The standard InChI is InChI=1S/C9H18N2O2/c1-3-9(10,4-8(12)13-2)7-5-11-6-7/h7,11H,3-6,10H2,1-2H3. The highest BCUT2D eigenvalue weighted by Crippen LogP contribution is 2.26. The van der Waals surface area contributed by atoms with Crippen molar-refractivity contribution in [2.45, 2.75) is 25.3 Å². The van der Waals surface area contributed by atoms with Crippen LogP contribution < -0.4 is 11.1 Å². The van der Waals surface area contributed by atoms with Gasteiger partial charge in [-0.1, -0.05) is 6.92 Å². The predicted octanol–water partition coefficient (Wildman–Crippen LogP) is -0.124. The van der Waals surface area contributed by atoms with Gasteiger partial charge in [0.25, 0.3) is 0 Å². The summed E-state index contributed by atoms with van der Waals surface area (Å²) < 4.78 is 4.63. The third-order valence-electron chi connectivity index (χ3n) is 2.95. The number of esters is 1. The molecule has 1 fully saturated rings. The molecule has 0 saturated carbocycles. The number of rotatable bonds is 4. The van der Waals surface area contributed by atoms with E-state index in [1.165, 1.54) is 7.11 Å². The lowest BCUT2D eigenvalue weighted by Crippen LogP contribution is -2.61. The maximum absolute atomic E-state index is 11.1. The van der Waals surface area contributed by atoms with Gasteiger partial charge in [-0.3, -0.25) is 4.79 Å². The number of nitrogens with one attached hydrogen (secondary N) is 1. The van der Waals surface area contributed by atoms with E-state index in [1.807, 2.05) is 6.92 Å². The van der Waals surface area contributed by atoms with Crippen LogP contribution in [-0.4, -0.2) is 31.7 Å². The fraction of sp³-hybridized carbons (Fsp3) is 0.889. The van der Waals surface area contributed by atoms with Gasteiger partial charge >= 0.3 is 5.97 Å². The highest BCUT2D eigenvalue weighted by atomic mass is 16.5. The van der Waals surface area contributed by atoms with Crippen molar-refractivity contribution in [2.24, 2.45) is 11.7 Å². The van der Waals surface area contributed by atoms with Crippen molar-refractivity contribution in [1.82, 2.24) is 5.32 Å². The van der Waals surface area contributed by atoms with E-state index in [2.05, 4.69) is 10.1 Å². The smallest absolute Gasteiger partial charge is 0.307 e. The lowest BCUT2D eigenvalue weighted by Gasteiger charge is -2.42. The van der Waals surface area contributed by atoms with Crippen molar-refractivity contribution < 1.29 is 9.53 Å². The molecule has 0 amide bonds. The summed E-state index contributed by atoms with van der Waals surface area (Å²) in [6.45, 7) is 3.85. The molecule has 0 aromatic heterocycles. The van der Waals surface area contributed by atoms with Crippen LogP contribution in [0.25, 0.3) is 0 Å². The molecule has 1 saturated heterocycles. The van der Waals surface area contributed by atoms with Gasteiger partial charge in [0.2, 0.25) is 0 Å². The fourth-order valence-electron chi connectivity index (χ4n) is 1.59. The summed E-state index contributed by atoms with van der Waals surface area (Å²) in [5.41, 5.74) is 5.76. The van der Waals surface area contributed by atoms with E-state index in [4.69, 9.17) is 5.73 Å². The van der Waals surface area contributed by atoms with Crippen LogP contribution in [0.2, 0.25) is 0 Å². The fourth-order valence-corrected chi connectivity index (χ4v) is 1.59. The van der Waals surface area contributed by atoms with Crippen LogP contribution in [0.4, 0.5) is 0 Å². The van der Waals surface area contributed by atoms with Gasteiger partial charge in [0.15, 0.2) is 0 Å². The summed E-state index contributed by atoms with van der Waals surface area (Å²) in [5, 5.41) is 3.16. The Morgan fingerprint density at radius 2 is 2.31 bits per heavy atom. The summed E-state index contributed by atoms with van der Waals surface area (Å²) in [6, 6.07) is 0. The first-order chi connectivity index (χ1) is 6.12. The van der Waals surface area contributed by atoms with Gasteiger partial charge in [-0.2, -0.15) is 0 Å². The summed E-state index contributed by atoms with van der Waals surface area (Å²) >= 11 is 0. The van der Waals surface area contributed by atoms with Crippen LogP contribution in [0.3, 0.4) is 0 Å². The van der Waals surface area contributed by atoms with Gasteiger partial charge in [-0.15, -0.1) is 0 Å². The molecule has 3 N–H and O–H groups in total. The number of carbonyl (C=O) groups is 1. The van der Waals surface area contributed by atoms with Crippen molar-refractivity contribution in [3.63, 3.8) is 0 Å². The van der Waals surface area contributed by atoms with Crippen molar-refractivity contribution in [3.05, 3.63) is 0 Å². The molecule has 1 heterocycles. The van der Waals surface area contributed by atoms with Crippen molar-refractivity contribution in [3.8, 4) is 0 Å². The molecule has 1 atom stereocenters. The summed E-state index contributed by atoms with van der Waals surface area (Å²) in [5.74, 6) is 0.202. The van der Waals surface area contributed by atoms with Gasteiger partial charge < -0.3 is 15.8 Å². The Bertz CT molecular complexity index is 192. The van der Waals surface area contributed by atoms with E-state index < -0.39 is 0 Å². The van der Waals surface area contributed by atoms with E-state index in [-0.39, 0.29) is 11.5 Å². The van der Waals surface area contributed by atoms with E-state index in [9.17, 15) is 4.79 Å². The minimum atomic E-state index is -0.377. The molecule has 4 nitrogen and oxygen atoms in total. The number of nitrogens with two attached hydrogens (primary N) is 1. The molecule has 0 radical (unpaired) electrons. The average Bonchev–Trinajstić information content (AvgIpc) is 2.00. The summed E-state index contributed by atoms with van der Waals surface area (Å²) in [7, 11) is 1.40. The Kier molecular flexibility index (Phi) is 3.27. The highest BCUT2D eigenvalue weighted by molar-refractivity contribution is 5.70. The zero-order chi connectivity index (χ0) is 9.90. The zero-order valence-corrected chi connectivity index (χ0v) is 8.30. The van der Waals surface area contributed by atoms with Crippen LogP contribution in [0, 0.1) is 5.92 Å². The molecule has 1 unspecified atom stereocenters. The quantitative estimate of drug-likeness (QED) is 0.601. The topological polar surface area (TPSA) is 64.4 Å². The molecular formula is C9H18N2O2. The molecule has 4 heteroatoms. The first kappa shape index (κ1) is 10.5. The average molecular weight is 186 g/mol.